The van der Waals surface area contributed by atoms with E-state index in [2.05, 4.69) is 15.8 Å². The lowest BCUT2D eigenvalue weighted by atomic mass is 9.44. The van der Waals surface area contributed by atoms with Gasteiger partial charge in [-0.25, -0.2) is 9.59 Å². The fraction of sp³-hybridized carbons (Fsp3) is 0.422. The molecule has 2 aliphatic heterocycles. The van der Waals surface area contributed by atoms with E-state index in [1.165, 1.54) is 6.92 Å². The van der Waals surface area contributed by atoms with Gasteiger partial charge in [0.2, 0.25) is 5.78 Å². The monoisotopic (exact) mass is 805 g/mol. The topological polar surface area (TPSA) is 199 Å². The highest BCUT2D eigenvalue weighted by Gasteiger charge is 2.78. The molecule has 8 rings (SSSR count). The number of aliphatic hydroxyl groups excluding tert-OH is 1. The predicted octanol–water partition coefficient (Wildman–Crippen LogP) is 3.77. The molecule has 3 fully saturated rings. The van der Waals surface area contributed by atoms with Crippen LogP contribution in [0.5, 0.6) is 0 Å². The quantitative estimate of drug-likeness (QED) is 0.181. The molecular formula is C45H47N3O11. The molecule has 308 valence electrons. The second kappa shape index (κ2) is 14.5. The minimum absolute atomic E-state index is 0.0781. The normalized spacial score (nSPS) is 32.2. The van der Waals surface area contributed by atoms with Crippen LogP contribution >= 0.6 is 0 Å². The van der Waals surface area contributed by atoms with Gasteiger partial charge in [0.25, 0.3) is 5.91 Å². The second-order valence-electron chi connectivity index (χ2n) is 16.9. The van der Waals surface area contributed by atoms with E-state index in [0.29, 0.717) is 23.1 Å². The van der Waals surface area contributed by atoms with Crippen LogP contribution in [0.4, 0.5) is 0 Å². The first-order chi connectivity index (χ1) is 28.0. The highest BCUT2D eigenvalue weighted by atomic mass is 16.6. The molecule has 3 aliphatic carbocycles. The maximum absolute atomic E-state index is 15.2. The molecule has 1 unspecified atom stereocenters. The summed E-state index contributed by atoms with van der Waals surface area (Å²) in [5.74, 6) is -4.75. The largest absolute Gasteiger partial charge is 0.456 e. The minimum Gasteiger partial charge on any atom is -0.456 e. The molecular weight excluding hydrogens is 759 g/mol. The summed E-state index contributed by atoms with van der Waals surface area (Å²) in [6, 6.07) is 23.2. The maximum Gasteiger partial charge on any atom is 0.338 e. The lowest BCUT2D eigenvalue weighted by molar-refractivity contribution is -0.329. The van der Waals surface area contributed by atoms with E-state index >= 15 is 4.79 Å². The summed E-state index contributed by atoms with van der Waals surface area (Å²) in [7, 11) is 0. The molecule has 1 amide bonds. The van der Waals surface area contributed by atoms with Crippen LogP contribution in [-0.2, 0) is 33.3 Å². The molecule has 59 heavy (non-hydrogen) atoms. The number of Topliss-reactive ketones (excluding diaryl/α,β-unsaturated/α-hetero) is 1. The van der Waals surface area contributed by atoms with Crippen molar-refractivity contribution in [3.05, 3.63) is 119 Å². The Morgan fingerprint density at radius 2 is 1.53 bits per heavy atom. The first-order valence-corrected chi connectivity index (χ1v) is 19.7. The zero-order valence-electron chi connectivity index (χ0n) is 33.3. The number of nitrogens with one attached hydrogen (secondary N) is 2. The van der Waals surface area contributed by atoms with Crippen molar-refractivity contribution < 1.29 is 53.1 Å². The van der Waals surface area contributed by atoms with Gasteiger partial charge in [0, 0.05) is 41.7 Å². The second-order valence-corrected chi connectivity index (χ2v) is 16.9. The van der Waals surface area contributed by atoms with E-state index in [1.54, 1.807) is 119 Å². The zero-order chi connectivity index (χ0) is 42.1. The highest BCUT2D eigenvalue weighted by molar-refractivity contribution is 6.48. The average molecular weight is 806 g/mol. The summed E-state index contributed by atoms with van der Waals surface area (Å²) < 4.78 is 24.8. The zero-order valence-corrected chi connectivity index (χ0v) is 33.3. The van der Waals surface area contributed by atoms with Crippen molar-refractivity contribution in [2.75, 3.05) is 6.61 Å². The molecule has 14 heteroatoms. The molecule has 2 heterocycles. The Balaban J connectivity index is 1.24. The van der Waals surface area contributed by atoms with Gasteiger partial charge < -0.3 is 39.9 Å². The van der Waals surface area contributed by atoms with Gasteiger partial charge in [-0.2, -0.15) is 5.10 Å². The third-order valence-electron chi connectivity index (χ3n) is 13.4. The lowest BCUT2D eigenvalue weighted by Crippen LogP contribution is -2.81. The summed E-state index contributed by atoms with van der Waals surface area (Å²) in [5, 5.41) is 32.7. The van der Waals surface area contributed by atoms with Crippen LogP contribution < -0.4 is 10.7 Å². The molecule has 2 bridgehead atoms. The van der Waals surface area contributed by atoms with Crippen LogP contribution in [0.2, 0.25) is 0 Å². The van der Waals surface area contributed by atoms with Crippen LogP contribution in [0.15, 0.2) is 107 Å². The summed E-state index contributed by atoms with van der Waals surface area (Å²) in [4.78, 5) is 70.0. The number of carbonyl (C=O) groups is 5. The van der Waals surface area contributed by atoms with E-state index in [9.17, 15) is 29.4 Å². The van der Waals surface area contributed by atoms with E-state index in [1.807, 2.05) is 0 Å². The van der Waals surface area contributed by atoms with Crippen LogP contribution in [0.1, 0.15) is 79.8 Å². The number of fused-ring (bicyclic) bond motifs is 4. The van der Waals surface area contributed by atoms with Gasteiger partial charge in [-0.3, -0.25) is 14.4 Å². The number of hydrogen-bond donors (Lipinski definition) is 4. The Hall–Kier alpha value is -5.70. The highest BCUT2D eigenvalue weighted by Crippen LogP contribution is 2.64. The number of hydrogen-bond acceptors (Lipinski definition) is 13. The van der Waals surface area contributed by atoms with E-state index in [0.717, 1.165) is 0 Å². The van der Waals surface area contributed by atoms with Crippen LogP contribution in [-0.4, -0.2) is 93.8 Å². The van der Waals surface area contributed by atoms with Gasteiger partial charge in [-0.15, -0.1) is 0 Å². The SMILES string of the molecule is CC(=O)O[C@@]12CO[C@@H]1CC1NN=C3C(=O)C4=C(C)[C@@H](OC(=O)[C@H](O)[C@@H](NC(=O)c5ccccc5)c5ccccc5)C[C@@](O)([C@@H](OC(=O)c5ccccc5)[C@H]2[C@]31C)C4(C)C. The van der Waals surface area contributed by atoms with Gasteiger partial charge in [0.1, 0.15) is 29.6 Å². The van der Waals surface area contributed by atoms with E-state index in [-0.39, 0.29) is 23.5 Å². The van der Waals surface area contributed by atoms with Crippen LogP contribution in [0.3, 0.4) is 0 Å². The molecule has 0 spiro atoms. The fourth-order valence-corrected chi connectivity index (χ4v) is 10.3. The Labute approximate surface area is 340 Å². The molecule has 14 nitrogen and oxygen atoms in total. The third kappa shape index (κ3) is 6.18. The van der Waals surface area contributed by atoms with Crippen molar-refractivity contribution in [2.24, 2.45) is 21.8 Å². The number of esters is 3. The summed E-state index contributed by atoms with van der Waals surface area (Å²) in [6.07, 6.45) is -5.66. The number of hydrazone groups is 1. The predicted molar refractivity (Wildman–Crippen MR) is 210 cm³/mol. The number of carbonyl (C=O) groups excluding carboxylic acids is 5. The Bertz CT molecular complexity index is 2260. The summed E-state index contributed by atoms with van der Waals surface area (Å²) >= 11 is 0. The van der Waals surface area contributed by atoms with Gasteiger partial charge in [-0.1, -0.05) is 87.5 Å². The lowest BCUT2D eigenvalue weighted by Gasteiger charge is -2.66. The number of benzene rings is 3. The Morgan fingerprint density at radius 3 is 2.12 bits per heavy atom. The maximum atomic E-state index is 15.2. The molecule has 3 aromatic rings. The number of rotatable bonds is 9. The average Bonchev–Trinajstić information content (AvgIpc) is 3.55. The Kier molecular flexibility index (Phi) is 9.88. The first-order valence-electron chi connectivity index (χ1n) is 19.7. The third-order valence-corrected chi connectivity index (χ3v) is 13.4. The van der Waals surface area contributed by atoms with Gasteiger partial charge >= 0.3 is 17.9 Å². The van der Waals surface area contributed by atoms with E-state index in [4.69, 9.17) is 18.9 Å². The molecule has 1 saturated heterocycles. The number of nitrogens with zero attached hydrogens (tertiary/aromatic N) is 1. The molecule has 4 N–H and O–H groups in total. The number of ether oxygens (including phenoxy) is 4. The van der Waals surface area contributed by atoms with Crippen molar-refractivity contribution in [3.8, 4) is 0 Å². The van der Waals surface area contributed by atoms with Crippen LogP contribution in [0, 0.1) is 16.7 Å². The smallest absolute Gasteiger partial charge is 0.338 e. The van der Waals surface area contributed by atoms with Crippen molar-refractivity contribution in [2.45, 2.75) is 95.2 Å². The number of ketones is 1. The molecule has 5 aliphatic rings. The van der Waals surface area contributed by atoms with Crippen molar-refractivity contribution in [3.63, 3.8) is 0 Å². The summed E-state index contributed by atoms with van der Waals surface area (Å²) in [6.45, 7) is 7.89. The first kappa shape index (κ1) is 40.1. The molecule has 0 aromatic heterocycles. The van der Waals surface area contributed by atoms with Crippen LogP contribution in [0.25, 0.3) is 0 Å². The Morgan fingerprint density at radius 1 is 0.915 bits per heavy atom. The molecule has 10 atom stereocenters. The van der Waals surface area contributed by atoms with Gasteiger partial charge in [0.05, 0.1) is 30.2 Å². The van der Waals surface area contributed by atoms with Crippen molar-refractivity contribution in [1.82, 2.24) is 10.7 Å². The fourth-order valence-electron chi connectivity index (χ4n) is 10.3. The molecule has 0 radical (unpaired) electrons. The van der Waals surface area contributed by atoms with Crippen molar-refractivity contribution >= 4 is 35.3 Å². The molecule has 3 aromatic carbocycles. The number of aliphatic hydroxyl groups is 2. The van der Waals surface area contributed by atoms with E-state index < -0.39 is 100 Å². The summed E-state index contributed by atoms with van der Waals surface area (Å²) in [5.41, 5.74) is -1.97. The standard InChI is InChI=1S/C45H47N3O11/c1-24-29(57-41(54)35(51)33(26-15-9-6-10-16-26)46-39(52)27-17-11-7-12-18-27)22-45(55)38(58-40(53)28-19-13-8-14-20-28)36-43(5)30(21-31-44(36,23-56-31)59-25(2)49)47-48-37(43)34(50)32(24)42(45,3)4/h6-20,29-31,33,35-36,38,47,51,55H,21-23H2,1-5H3,(H,46,52)/t29-,30?,31+,33-,35+,36-,38-,43+,44-,45+/m0/s1. The van der Waals surface area contributed by atoms with Gasteiger partial charge in [0.15, 0.2) is 11.7 Å². The number of amides is 1. The van der Waals surface area contributed by atoms with Crippen molar-refractivity contribution in [1.29, 1.82) is 0 Å². The minimum atomic E-state index is -2.20. The molecule has 2 saturated carbocycles. The van der Waals surface area contributed by atoms with Gasteiger partial charge in [-0.05, 0) is 42.3 Å².